The van der Waals surface area contributed by atoms with E-state index in [0.717, 1.165) is 18.0 Å². The van der Waals surface area contributed by atoms with Crippen molar-refractivity contribution in [2.45, 2.75) is 32.7 Å². The molecule has 0 aliphatic rings. The van der Waals surface area contributed by atoms with Crippen LogP contribution in [0.15, 0.2) is 24.3 Å². The highest BCUT2D eigenvalue weighted by Gasteiger charge is 2.19. The van der Waals surface area contributed by atoms with E-state index in [2.05, 4.69) is 35.5 Å². The molecule has 0 aliphatic heterocycles. The van der Waals surface area contributed by atoms with Gasteiger partial charge in [0.05, 0.1) is 7.11 Å². The van der Waals surface area contributed by atoms with E-state index in [0.29, 0.717) is 4.77 Å². The molecule has 0 unspecified atom stereocenters. The maximum absolute atomic E-state index is 5.30. The second-order valence-electron chi connectivity index (χ2n) is 5.48. The highest BCUT2D eigenvalue weighted by Crippen LogP contribution is 2.19. The summed E-state index contributed by atoms with van der Waals surface area (Å²) in [6, 6.07) is 8.00. The fourth-order valence-corrected chi connectivity index (χ4v) is 2.49. The third kappa shape index (κ3) is 3.04. The summed E-state index contributed by atoms with van der Waals surface area (Å²) in [5.74, 6) is 1.81. The van der Waals surface area contributed by atoms with Gasteiger partial charge in [-0.25, -0.2) is 0 Å². The summed E-state index contributed by atoms with van der Waals surface area (Å²) >= 11 is 5.30. The lowest BCUT2D eigenvalue weighted by Gasteiger charge is -2.22. The van der Waals surface area contributed by atoms with Gasteiger partial charge >= 0.3 is 0 Å². The van der Waals surface area contributed by atoms with Gasteiger partial charge in [-0.1, -0.05) is 12.1 Å². The zero-order valence-electron chi connectivity index (χ0n) is 11.7. The van der Waals surface area contributed by atoms with Gasteiger partial charge in [0, 0.05) is 12.0 Å². The number of benzene rings is 1. The number of hydrogen-bond acceptors (Lipinski definition) is 3. The summed E-state index contributed by atoms with van der Waals surface area (Å²) in [4.78, 5) is 0. The Balaban J connectivity index is 2.31. The molecule has 1 N–H and O–H groups in total. The number of rotatable bonds is 3. The maximum Gasteiger partial charge on any atom is 0.195 e. The van der Waals surface area contributed by atoms with Crippen molar-refractivity contribution in [2.24, 2.45) is 0 Å². The lowest BCUT2D eigenvalue weighted by molar-refractivity contribution is 0.379. The fourth-order valence-electron chi connectivity index (χ4n) is 2.07. The summed E-state index contributed by atoms with van der Waals surface area (Å²) in [7, 11) is 1.67. The number of nitrogens with one attached hydrogen (secondary N) is 1. The lowest BCUT2D eigenvalue weighted by atomic mass is 10.1. The molecule has 1 aromatic carbocycles. The second kappa shape index (κ2) is 5.17. The molecule has 0 radical (unpaired) electrons. The first-order valence-electron chi connectivity index (χ1n) is 6.21. The molecule has 2 aromatic rings. The van der Waals surface area contributed by atoms with Crippen LogP contribution in [-0.4, -0.2) is 21.9 Å². The van der Waals surface area contributed by atoms with Crippen LogP contribution in [0.5, 0.6) is 5.75 Å². The number of hydrogen-bond donors (Lipinski definition) is 1. The molecule has 0 saturated carbocycles. The van der Waals surface area contributed by atoms with Crippen molar-refractivity contribution in [2.75, 3.05) is 7.11 Å². The van der Waals surface area contributed by atoms with Crippen molar-refractivity contribution in [3.63, 3.8) is 0 Å². The highest BCUT2D eigenvalue weighted by atomic mass is 32.1. The molecule has 2 rings (SSSR count). The molecule has 19 heavy (non-hydrogen) atoms. The van der Waals surface area contributed by atoms with Crippen molar-refractivity contribution in [3.8, 4) is 5.75 Å². The Morgan fingerprint density at radius 3 is 2.42 bits per heavy atom. The molecule has 0 amide bonds. The number of aromatic amines is 1. The standard InChI is InChI=1S/C14H19N3OS/c1-14(2,3)17-12(15-16-13(17)19)9-10-5-7-11(18-4)8-6-10/h5-8H,9H2,1-4H3,(H,16,19). The number of nitrogens with zero attached hydrogens (tertiary/aromatic N) is 2. The Bertz CT molecular complexity index is 605. The van der Waals surface area contributed by atoms with E-state index in [1.807, 2.05) is 24.3 Å². The van der Waals surface area contributed by atoms with Gasteiger partial charge in [-0.15, -0.1) is 0 Å². The quantitative estimate of drug-likeness (QED) is 0.875. The number of H-pyrrole nitrogens is 1. The SMILES string of the molecule is COc1ccc(Cc2n[nH]c(=S)n2C(C)(C)C)cc1. The first-order chi connectivity index (χ1) is 8.91. The van der Waals surface area contributed by atoms with Gasteiger partial charge in [-0.05, 0) is 50.7 Å². The second-order valence-corrected chi connectivity index (χ2v) is 5.86. The Morgan fingerprint density at radius 1 is 1.26 bits per heavy atom. The molecule has 1 aromatic heterocycles. The normalized spacial score (nSPS) is 11.6. The first kappa shape index (κ1) is 13.8. The molecule has 0 saturated heterocycles. The average Bonchev–Trinajstić information content (AvgIpc) is 2.71. The summed E-state index contributed by atoms with van der Waals surface area (Å²) < 4.78 is 7.88. The third-order valence-electron chi connectivity index (χ3n) is 2.93. The molecule has 5 heteroatoms. The highest BCUT2D eigenvalue weighted by molar-refractivity contribution is 7.71. The van der Waals surface area contributed by atoms with Crippen LogP contribution in [0.25, 0.3) is 0 Å². The molecular formula is C14H19N3OS. The Kier molecular flexibility index (Phi) is 3.75. The third-order valence-corrected chi connectivity index (χ3v) is 3.21. The van der Waals surface area contributed by atoms with Crippen molar-refractivity contribution >= 4 is 12.2 Å². The minimum atomic E-state index is -0.0775. The Morgan fingerprint density at radius 2 is 1.89 bits per heavy atom. The fraction of sp³-hybridized carbons (Fsp3) is 0.429. The molecule has 0 fully saturated rings. The number of aromatic nitrogens is 3. The van der Waals surface area contributed by atoms with Gasteiger partial charge < -0.3 is 4.74 Å². The van der Waals surface area contributed by atoms with E-state index in [1.54, 1.807) is 7.11 Å². The van der Waals surface area contributed by atoms with Crippen LogP contribution in [0, 0.1) is 4.77 Å². The van der Waals surface area contributed by atoms with E-state index < -0.39 is 0 Å². The van der Waals surface area contributed by atoms with Crippen LogP contribution in [0.4, 0.5) is 0 Å². The van der Waals surface area contributed by atoms with E-state index in [-0.39, 0.29) is 5.54 Å². The van der Waals surface area contributed by atoms with Gasteiger partial charge in [-0.2, -0.15) is 5.10 Å². The van der Waals surface area contributed by atoms with Gasteiger partial charge in [-0.3, -0.25) is 9.67 Å². The molecular weight excluding hydrogens is 258 g/mol. The van der Waals surface area contributed by atoms with Crippen molar-refractivity contribution in [3.05, 3.63) is 40.4 Å². The largest absolute Gasteiger partial charge is 0.497 e. The Labute approximate surface area is 118 Å². The van der Waals surface area contributed by atoms with Crippen LogP contribution in [0.3, 0.4) is 0 Å². The van der Waals surface area contributed by atoms with Gasteiger partial charge in [0.2, 0.25) is 0 Å². The predicted molar refractivity (Wildman–Crippen MR) is 78.2 cm³/mol. The molecule has 4 nitrogen and oxygen atoms in total. The van der Waals surface area contributed by atoms with E-state index in [1.165, 1.54) is 5.56 Å². The molecule has 0 atom stereocenters. The summed E-state index contributed by atoms with van der Waals surface area (Å²) in [5, 5.41) is 7.21. The zero-order chi connectivity index (χ0) is 14.0. The van der Waals surface area contributed by atoms with E-state index in [4.69, 9.17) is 17.0 Å². The molecule has 1 heterocycles. The van der Waals surface area contributed by atoms with Crippen LogP contribution in [0.1, 0.15) is 32.2 Å². The van der Waals surface area contributed by atoms with Crippen LogP contribution in [-0.2, 0) is 12.0 Å². The summed E-state index contributed by atoms with van der Waals surface area (Å²) in [6.45, 7) is 6.36. The van der Waals surface area contributed by atoms with Crippen molar-refractivity contribution in [1.29, 1.82) is 0 Å². The number of methoxy groups -OCH3 is 1. The van der Waals surface area contributed by atoms with Gasteiger partial charge in [0.15, 0.2) is 4.77 Å². The van der Waals surface area contributed by atoms with Gasteiger partial charge in [0.1, 0.15) is 11.6 Å². The predicted octanol–water partition coefficient (Wildman–Crippen LogP) is 3.30. The Hall–Kier alpha value is -1.62. The minimum absolute atomic E-state index is 0.0775. The van der Waals surface area contributed by atoms with Crippen molar-refractivity contribution in [1.82, 2.24) is 14.8 Å². The summed E-state index contributed by atoms with van der Waals surface area (Å²) in [5.41, 5.74) is 1.10. The van der Waals surface area contributed by atoms with Gasteiger partial charge in [0.25, 0.3) is 0 Å². The molecule has 0 bridgehead atoms. The maximum atomic E-state index is 5.30. The van der Waals surface area contributed by atoms with Crippen LogP contribution >= 0.6 is 12.2 Å². The lowest BCUT2D eigenvalue weighted by Crippen LogP contribution is -2.24. The van der Waals surface area contributed by atoms with E-state index >= 15 is 0 Å². The zero-order valence-corrected chi connectivity index (χ0v) is 12.5. The molecule has 102 valence electrons. The topological polar surface area (TPSA) is 42.8 Å². The minimum Gasteiger partial charge on any atom is -0.497 e. The van der Waals surface area contributed by atoms with Crippen LogP contribution in [0.2, 0.25) is 0 Å². The van der Waals surface area contributed by atoms with Crippen LogP contribution < -0.4 is 4.74 Å². The average molecular weight is 277 g/mol. The first-order valence-corrected chi connectivity index (χ1v) is 6.62. The monoisotopic (exact) mass is 277 g/mol. The summed E-state index contributed by atoms with van der Waals surface area (Å²) in [6.07, 6.45) is 0.744. The van der Waals surface area contributed by atoms with Crippen molar-refractivity contribution < 1.29 is 4.74 Å². The smallest absolute Gasteiger partial charge is 0.195 e. The van der Waals surface area contributed by atoms with E-state index in [9.17, 15) is 0 Å². The molecule has 0 aliphatic carbocycles. The number of ether oxygens (including phenoxy) is 1. The molecule has 0 spiro atoms.